The number of nitrogens with zero attached hydrogens (tertiary/aromatic N) is 2. The number of nitrogens with one attached hydrogen (secondary N) is 1. The third kappa shape index (κ3) is 2.89. The van der Waals surface area contributed by atoms with Crippen LogP contribution < -0.4 is 5.32 Å². The Kier molecular flexibility index (Phi) is 3.52. The minimum atomic E-state index is -3.35. The topological polar surface area (TPSA) is 81.1 Å². The quantitative estimate of drug-likeness (QED) is 0.933. The molecule has 0 bridgehead atoms. The molecule has 2 aromatic rings. The zero-order valence-corrected chi connectivity index (χ0v) is 13.2. The van der Waals surface area contributed by atoms with Gasteiger partial charge in [-0.25, -0.2) is 13.1 Å². The van der Waals surface area contributed by atoms with E-state index in [1.165, 1.54) is 16.9 Å². The highest BCUT2D eigenvalue weighted by molar-refractivity contribution is 7.90. The van der Waals surface area contributed by atoms with E-state index < -0.39 is 9.84 Å². The lowest BCUT2D eigenvalue weighted by molar-refractivity contribution is -0.117. The Bertz CT molecular complexity index is 826. The van der Waals surface area contributed by atoms with Gasteiger partial charge >= 0.3 is 0 Å². The first-order valence-corrected chi connectivity index (χ1v) is 8.90. The third-order valence-electron chi connectivity index (χ3n) is 3.81. The van der Waals surface area contributed by atoms with Crippen molar-refractivity contribution in [3.05, 3.63) is 36.7 Å². The van der Waals surface area contributed by atoms with Crippen LogP contribution in [0.4, 0.5) is 5.69 Å². The lowest BCUT2D eigenvalue weighted by atomic mass is 10.3. The van der Waals surface area contributed by atoms with Gasteiger partial charge in [-0.05, 0) is 24.5 Å². The fourth-order valence-electron chi connectivity index (χ4n) is 2.40. The summed E-state index contributed by atoms with van der Waals surface area (Å²) in [6.07, 6.45) is 5.21. The summed E-state index contributed by atoms with van der Waals surface area (Å²) in [6, 6.07) is 6.63. The summed E-state index contributed by atoms with van der Waals surface area (Å²) in [5, 5.41) is 6.96. The number of aromatic nitrogens is 2. The van der Waals surface area contributed by atoms with E-state index in [2.05, 4.69) is 10.4 Å². The molecule has 22 heavy (non-hydrogen) atoms. The fraction of sp³-hybridized carbons (Fsp3) is 0.333. The van der Waals surface area contributed by atoms with Gasteiger partial charge in [-0.2, -0.15) is 5.10 Å². The zero-order valence-electron chi connectivity index (χ0n) is 12.4. The van der Waals surface area contributed by atoms with Gasteiger partial charge in [0.2, 0.25) is 5.91 Å². The summed E-state index contributed by atoms with van der Waals surface area (Å²) < 4.78 is 25.1. The van der Waals surface area contributed by atoms with E-state index in [9.17, 15) is 13.2 Å². The molecular formula is C15H17N3O3S. The molecule has 0 aliphatic heterocycles. The van der Waals surface area contributed by atoms with Crippen molar-refractivity contribution in [1.82, 2.24) is 9.78 Å². The molecule has 1 fully saturated rings. The standard InChI is InChI=1S/C15H17N3O3S/c1-10-7-12(10)15(19)17-11-8-16-18(9-11)13-5-3-4-6-14(13)22(2,20)21/h3-6,8-10,12H,7H2,1-2H3,(H,17,19)/t10-,12-/m1/s1. The molecular weight excluding hydrogens is 302 g/mol. The smallest absolute Gasteiger partial charge is 0.227 e. The second kappa shape index (κ2) is 5.24. The maximum absolute atomic E-state index is 11.9. The largest absolute Gasteiger partial charge is 0.323 e. The third-order valence-corrected chi connectivity index (χ3v) is 4.95. The number of amides is 1. The van der Waals surface area contributed by atoms with E-state index in [4.69, 9.17) is 0 Å². The van der Waals surface area contributed by atoms with Gasteiger partial charge in [-0.1, -0.05) is 19.1 Å². The first-order valence-electron chi connectivity index (χ1n) is 7.01. The number of hydrogen-bond donors (Lipinski definition) is 1. The monoisotopic (exact) mass is 319 g/mol. The van der Waals surface area contributed by atoms with Gasteiger partial charge in [-0.3, -0.25) is 4.79 Å². The highest BCUT2D eigenvalue weighted by Gasteiger charge is 2.39. The zero-order chi connectivity index (χ0) is 15.9. The minimum Gasteiger partial charge on any atom is -0.323 e. The van der Waals surface area contributed by atoms with E-state index in [-0.39, 0.29) is 16.7 Å². The predicted molar refractivity (Wildman–Crippen MR) is 82.6 cm³/mol. The summed E-state index contributed by atoms with van der Waals surface area (Å²) >= 11 is 0. The summed E-state index contributed by atoms with van der Waals surface area (Å²) in [7, 11) is -3.35. The molecule has 0 radical (unpaired) electrons. The van der Waals surface area contributed by atoms with Gasteiger partial charge in [0.25, 0.3) is 0 Å². The van der Waals surface area contributed by atoms with Crippen LogP contribution in [0.5, 0.6) is 0 Å². The molecule has 0 unspecified atom stereocenters. The van der Waals surface area contributed by atoms with Gasteiger partial charge < -0.3 is 5.32 Å². The normalized spacial score (nSPS) is 20.6. The van der Waals surface area contributed by atoms with Crippen molar-refractivity contribution in [1.29, 1.82) is 0 Å². The van der Waals surface area contributed by atoms with Gasteiger partial charge in [0, 0.05) is 12.2 Å². The van der Waals surface area contributed by atoms with Crippen LogP contribution in [-0.2, 0) is 14.6 Å². The van der Waals surface area contributed by atoms with E-state index in [1.807, 2.05) is 6.92 Å². The molecule has 1 heterocycles. The van der Waals surface area contributed by atoms with Crippen LogP contribution >= 0.6 is 0 Å². The van der Waals surface area contributed by atoms with E-state index in [0.717, 1.165) is 12.7 Å². The van der Waals surface area contributed by atoms with Crippen LogP contribution in [0.1, 0.15) is 13.3 Å². The Labute approximate surface area is 129 Å². The number of anilines is 1. The molecule has 1 N–H and O–H groups in total. The number of para-hydroxylation sites is 1. The van der Waals surface area contributed by atoms with Crippen molar-refractivity contribution in [2.45, 2.75) is 18.2 Å². The van der Waals surface area contributed by atoms with Gasteiger partial charge in [0.15, 0.2) is 9.84 Å². The molecule has 1 aromatic carbocycles. The molecule has 116 valence electrons. The van der Waals surface area contributed by atoms with Crippen molar-refractivity contribution < 1.29 is 13.2 Å². The first-order chi connectivity index (χ1) is 10.4. The van der Waals surface area contributed by atoms with Crippen LogP contribution in [-0.4, -0.2) is 30.4 Å². The van der Waals surface area contributed by atoms with Crippen molar-refractivity contribution in [2.24, 2.45) is 11.8 Å². The Morgan fingerprint density at radius 3 is 2.68 bits per heavy atom. The summed E-state index contributed by atoms with van der Waals surface area (Å²) in [5.41, 5.74) is 1.03. The molecule has 6 nitrogen and oxygen atoms in total. The first kappa shape index (κ1) is 14.8. The molecule has 1 amide bonds. The predicted octanol–water partition coefficient (Wildman–Crippen LogP) is 1.87. The lowest BCUT2D eigenvalue weighted by Gasteiger charge is -2.07. The average Bonchev–Trinajstić information content (AvgIpc) is 3.01. The van der Waals surface area contributed by atoms with Crippen molar-refractivity contribution in [2.75, 3.05) is 11.6 Å². The number of sulfone groups is 1. The SMILES string of the molecule is C[C@@H]1C[C@H]1C(=O)Nc1cnn(-c2ccccc2S(C)(=O)=O)c1. The lowest BCUT2D eigenvalue weighted by Crippen LogP contribution is -2.13. The maximum atomic E-state index is 11.9. The molecule has 7 heteroatoms. The van der Waals surface area contributed by atoms with Gasteiger partial charge in [0.05, 0.1) is 28.7 Å². The van der Waals surface area contributed by atoms with Gasteiger partial charge in [0.1, 0.15) is 0 Å². The van der Waals surface area contributed by atoms with E-state index in [1.54, 1.807) is 24.4 Å². The van der Waals surface area contributed by atoms with E-state index >= 15 is 0 Å². The molecule has 1 aliphatic carbocycles. The second-order valence-corrected chi connectivity index (χ2v) is 7.71. The minimum absolute atomic E-state index is 0.0107. The molecule has 1 saturated carbocycles. The van der Waals surface area contributed by atoms with Crippen LogP contribution in [0.25, 0.3) is 5.69 Å². The number of benzene rings is 1. The molecule has 3 rings (SSSR count). The van der Waals surface area contributed by atoms with E-state index in [0.29, 0.717) is 17.3 Å². The van der Waals surface area contributed by atoms with Crippen molar-refractivity contribution in [3.63, 3.8) is 0 Å². The van der Waals surface area contributed by atoms with Crippen molar-refractivity contribution >= 4 is 21.4 Å². The highest BCUT2D eigenvalue weighted by Crippen LogP contribution is 2.38. The number of carbonyl (C=O) groups excluding carboxylic acids is 1. The number of rotatable bonds is 4. The van der Waals surface area contributed by atoms with Crippen LogP contribution in [0, 0.1) is 11.8 Å². The highest BCUT2D eigenvalue weighted by atomic mass is 32.2. The Morgan fingerprint density at radius 1 is 1.36 bits per heavy atom. The fourth-order valence-corrected chi connectivity index (χ4v) is 3.27. The molecule has 1 aliphatic rings. The Hall–Kier alpha value is -2.15. The summed E-state index contributed by atoms with van der Waals surface area (Å²) in [4.78, 5) is 12.1. The Balaban J connectivity index is 1.87. The van der Waals surface area contributed by atoms with Crippen LogP contribution in [0.2, 0.25) is 0 Å². The van der Waals surface area contributed by atoms with Gasteiger partial charge in [-0.15, -0.1) is 0 Å². The number of carbonyl (C=O) groups is 1. The molecule has 2 atom stereocenters. The number of hydrogen-bond acceptors (Lipinski definition) is 4. The molecule has 0 spiro atoms. The maximum Gasteiger partial charge on any atom is 0.227 e. The summed E-state index contributed by atoms with van der Waals surface area (Å²) in [5.74, 6) is 0.496. The molecule has 1 aromatic heterocycles. The van der Waals surface area contributed by atoms with Crippen LogP contribution in [0.15, 0.2) is 41.6 Å². The summed E-state index contributed by atoms with van der Waals surface area (Å²) in [6.45, 7) is 2.04. The average molecular weight is 319 g/mol. The second-order valence-electron chi connectivity index (χ2n) is 5.72. The van der Waals surface area contributed by atoms with Crippen LogP contribution in [0.3, 0.4) is 0 Å². The molecule has 0 saturated heterocycles. The Morgan fingerprint density at radius 2 is 2.05 bits per heavy atom. The van der Waals surface area contributed by atoms with Crippen molar-refractivity contribution in [3.8, 4) is 5.69 Å².